The molecule has 2 rings (SSSR count). The lowest BCUT2D eigenvalue weighted by atomic mass is 10.1. The van der Waals surface area contributed by atoms with Crippen LogP contribution in [-0.2, 0) is 0 Å². The molecule has 17 heavy (non-hydrogen) atoms. The van der Waals surface area contributed by atoms with Crippen LogP contribution in [0.3, 0.4) is 0 Å². The van der Waals surface area contributed by atoms with E-state index in [2.05, 4.69) is 11.9 Å². The molecule has 0 bridgehead atoms. The van der Waals surface area contributed by atoms with Crippen molar-refractivity contribution in [1.82, 2.24) is 4.98 Å². The zero-order valence-electron chi connectivity index (χ0n) is 9.80. The van der Waals surface area contributed by atoms with E-state index in [1.165, 1.54) is 0 Å². The van der Waals surface area contributed by atoms with Crippen LogP contribution >= 0.6 is 11.3 Å². The van der Waals surface area contributed by atoms with Gasteiger partial charge in [-0.2, -0.15) is 0 Å². The quantitative estimate of drug-likeness (QED) is 0.885. The number of aromatic nitrogens is 1. The van der Waals surface area contributed by atoms with Crippen molar-refractivity contribution in [1.29, 1.82) is 0 Å². The van der Waals surface area contributed by atoms with Crippen LogP contribution in [0.15, 0.2) is 35.8 Å². The van der Waals surface area contributed by atoms with E-state index in [-0.39, 0.29) is 6.04 Å². The van der Waals surface area contributed by atoms with E-state index in [4.69, 9.17) is 10.5 Å². The average molecular weight is 248 g/mol. The van der Waals surface area contributed by atoms with E-state index in [1.54, 1.807) is 17.5 Å². The molecule has 0 aliphatic rings. The van der Waals surface area contributed by atoms with Gasteiger partial charge in [-0.25, -0.2) is 4.98 Å². The van der Waals surface area contributed by atoms with Gasteiger partial charge in [-0.1, -0.05) is 19.1 Å². The first kappa shape index (κ1) is 12.1. The molecule has 0 saturated heterocycles. The molecule has 1 aromatic carbocycles. The van der Waals surface area contributed by atoms with Crippen LogP contribution in [0.2, 0.25) is 0 Å². The normalized spacial score (nSPS) is 12.4. The minimum Gasteiger partial charge on any atom is -0.494 e. The number of thiazole rings is 1. The van der Waals surface area contributed by atoms with E-state index in [0.717, 1.165) is 29.3 Å². The lowest BCUT2D eigenvalue weighted by molar-refractivity contribution is 0.317. The number of ether oxygens (including phenoxy) is 1. The Morgan fingerprint density at radius 2 is 2.12 bits per heavy atom. The summed E-state index contributed by atoms with van der Waals surface area (Å²) < 4.78 is 5.53. The van der Waals surface area contributed by atoms with Crippen LogP contribution in [0.5, 0.6) is 5.75 Å². The van der Waals surface area contributed by atoms with Gasteiger partial charge in [0.1, 0.15) is 10.8 Å². The molecule has 1 heterocycles. The molecule has 0 radical (unpaired) electrons. The summed E-state index contributed by atoms with van der Waals surface area (Å²) in [7, 11) is 0. The van der Waals surface area contributed by atoms with Gasteiger partial charge in [0.05, 0.1) is 12.6 Å². The Balaban J connectivity index is 2.07. The lowest BCUT2D eigenvalue weighted by Gasteiger charge is -2.10. The highest BCUT2D eigenvalue weighted by Gasteiger charge is 2.10. The molecule has 0 spiro atoms. The van der Waals surface area contributed by atoms with Crippen LogP contribution in [-0.4, -0.2) is 11.6 Å². The largest absolute Gasteiger partial charge is 0.494 e. The van der Waals surface area contributed by atoms with Crippen molar-refractivity contribution >= 4 is 11.3 Å². The fourth-order valence-corrected chi connectivity index (χ4v) is 2.19. The van der Waals surface area contributed by atoms with E-state index in [1.807, 2.05) is 29.6 Å². The van der Waals surface area contributed by atoms with Gasteiger partial charge in [-0.15, -0.1) is 11.3 Å². The van der Waals surface area contributed by atoms with Crippen LogP contribution in [0.25, 0.3) is 0 Å². The third-order valence-corrected chi connectivity index (χ3v) is 3.29. The van der Waals surface area contributed by atoms with E-state index >= 15 is 0 Å². The highest BCUT2D eigenvalue weighted by atomic mass is 32.1. The molecule has 1 aromatic heterocycles. The van der Waals surface area contributed by atoms with Crippen molar-refractivity contribution in [2.24, 2.45) is 5.73 Å². The van der Waals surface area contributed by atoms with Crippen LogP contribution in [0, 0.1) is 0 Å². The molecule has 2 aromatic rings. The lowest BCUT2D eigenvalue weighted by Crippen LogP contribution is -2.11. The SMILES string of the molecule is CCCOc1ccc(C(N)c2nccs2)cc1. The van der Waals surface area contributed by atoms with Gasteiger partial charge in [0.15, 0.2) is 0 Å². The summed E-state index contributed by atoms with van der Waals surface area (Å²) in [5.41, 5.74) is 7.18. The maximum absolute atomic E-state index is 6.12. The van der Waals surface area contributed by atoms with Crippen molar-refractivity contribution in [3.05, 3.63) is 46.4 Å². The maximum atomic E-state index is 6.12. The van der Waals surface area contributed by atoms with E-state index < -0.39 is 0 Å². The van der Waals surface area contributed by atoms with Gasteiger partial charge >= 0.3 is 0 Å². The second kappa shape index (κ2) is 5.80. The Bertz CT molecular complexity index is 439. The molecule has 90 valence electrons. The number of hydrogen-bond acceptors (Lipinski definition) is 4. The van der Waals surface area contributed by atoms with Gasteiger partial charge < -0.3 is 10.5 Å². The Labute approximate surface area is 105 Å². The molecular weight excluding hydrogens is 232 g/mol. The molecule has 2 N–H and O–H groups in total. The Morgan fingerprint density at radius 3 is 2.71 bits per heavy atom. The Morgan fingerprint density at radius 1 is 1.35 bits per heavy atom. The fourth-order valence-electron chi connectivity index (χ4n) is 1.52. The fraction of sp³-hybridized carbons (Fsp3) is 0.308. The molecule has 0 aliphatic carbocycles. The van der Waals surface area contributed by atoms with Gasteiger partial charge in [0.2, 0.25) is 0 Å². The summed E-state index contributed by atoms with van der Waals surface area (Å²) in [6, 6.07) is 7.76. The van der Waals surface area contributed by atoms with Gasteiger partial charge in [-0.05, 0) is 24.1 Å². The summed E-state index contributed by atoms with van der Waals surface area (Å²) in [5.74, 6) is 0.891. The van der Waals surface area contributed by atoms with Gasteiger partial charge in [0.25, 0.3) is 0 Å². The smallest absolute Gasteiger partial charge is 0.119 e. The minimum atomic E-state index is -0.143. The molecule has 3 nitrogen and oxygen atoms in total. The first-order valence-corrected chi connectivity index (χ1v) is 6.57. The van der Waals surface area contributed by atoms with Gasteiger partial charge in [-0.3, -0.25) is 0 Å². The predicted molar refractivity (Wildman–Crippen MR) is 70.4 cm³/mol. The van der Waals surface area contributed by atoms with Crippen LogP contribution < -0.4 is 10.5 Å². The molecule has 0 aliphatic heterocycles. The topological polar surface area (TPSA) is 48.1 Å². The maximum Gasteiger partial charge on any atom is 0.119 e. The molecule has 4 heteroatoms. The third-order valence-electron chi connectivity index (χ3n) is 2.43. The summed E-state index contributed by atoms with van der Waals surface area (Å²) in [4.78, 5) is 4.23. The number of hydrogen-bond donors (Lipinski definition) is 1. The molecule has 1 atom stereocenters. The van der Waals surface area contributed by atoms with Crippen molar-refractivity contribution in [3.8, 4) is 5.75 Å². The van der Waals surface area contributed by atoms with Crippen LogP contribution in [0.1, 0.15) is 30.0 Å². The first-order valence-electron chi connectivity index (χ1n) is 5.69. The standard InChI is InChI=1S/C13H16N2OS/c1-2-8-16-11-5-3-10(4-6-11)12(14)13-15-7-9-17-13/h3-7,9,12H,2,8,14H2,1H3. The zero-order valence-corrected chi connectivity index (χ0v) is 10.6. The highest BCUT2D eigenvalue weighted by molar-refractivity contribution is 7.09. The van der Waals surface area contributed by atoms with E-state index in [0.29, 0.717) is 0 Å². The number of nitrogens with two attached hydrogens (primary N) is 1. The minimum absolute atomic E-state index is 0.143. The summed E-state index contributed by atoms with van der Waals surface area (Å²) >= 11 is 1.58. The molecule has 1 unspecified atom stereocenters. The Hall–Kier alpha value is -1.39. The molecule has 0 saturated carbocycles. The third kappa shape index (κ3) is 3.05. The highest BCUT2D eigenvalue weighted by Crippen LogP contribution is 2.23. The molecular formula is C13H16N2OS. The van der Waals surface area contributed by atoms with E-state index in [9.17, 15) is 0 Å². The second-order valence-electron chi connectivity index (χ2n) is 3.77. The Kier molecular flexibility index (Phi) is 4.12. The van der Waals surface area contributed by atoms with Crippen LogP contribution in [0.4, 0.5) is 0 Å². The first-order chi connectivity index (χ1) is 8.31. The van der Waals surface area contributed by atoms with Crippen molar-refractivity contribution < 1.29 is 4.74 Å². The number of nitrogens with zero attached hydrogens (tertiary/aromatic N) is 1. The zero-order chi connectivity index (χ0) is 12.1. The second-order valence-corrected chi connectivity index (χ2v) is 4.69. The van der Waals surface area contributed by atoms with Crippen molar-refractivity contribution in [2.75, 3.05) is 6.61 Å². The summed E-state index contributed by atoms with van der Waals surface area (Å²) in [5, 5.41) is 2.88. The molecule has 0 fully saturated rings. The summed E-state index contributed by atoms with van der Waals surface area (Å²) in [6.45, 7) is 2.84. The average Bonchev–Trinajstić information content (AvgIpc) is 2.90. The number of benzene rings is 1. The predicted octanol–water partition coefficient (Wildman–Crippen LogP) is 2.98. The monoisotopic (exact) mass is 248 g/mol. The number of rotatable bonds is 5. The van der Waals surface area contributed by atoms with Crippen molar-refractivity contribution in [2.45, 2.75) is 19.4 Å². The summed E-state index contributed by atoms with van der Waals surface area (Å²) in [6.07, 6.45) is 2.79. The molecule has 0 amide bonds. The van der Waals surface area contributed by atoms with Crippen molar-refractivity contribution in [3.63, 3.8) is 0 Å². The van der Waals surface area contributed by atoms with Gasteiger partial charge in [0, 0.05) is 11.6 Å².